The number of benzene rings is 1. The van der Waals surface area contributed by atoms with Gasteiger partial charge in [0.1, 0.15) is 5.69 Å². The van der Waals surface area contributed by atoms with Crippen LogP contribution in [0.3, 0.4) is 0 Å². The predicted molar refractivity (Wildman–Crippen MR) is 63.5 cm³/mol. The minimum atomic E-state index is -4.77. The smallest absolute Gasteiger partial charge is 0.416 e. The van der Waals surface area contributed by atoms with Gasteiger partial charge in [0.2, 0.25) is 5.91 Å². The van der Waals surface area contributed by atoms with Gasteiger partial charge in [0.05, 0.1) is 10.5 Å². The Labute approximate surface area is 114 Å². The van der Waals surface area contributed by atoms with Crippen LogP contribution in [-0.4, -0.2) is 21.9 Å². The Morgan fingerprint density at radius 3 is 2.38 bits per heavy atom. The first-order valence-corrected chi connectivity index (χ1v) is 5.19. The Hall–Kier alpha value is -2.91. The van der Waals surface area contributed by atoms with Gasteiger partial charge in [-0.25, -0.2) is 4.79 Å². The third-order valence-electron chi connectivity index (χ3n) is 2.16. The molecule has 0 aromatic heterocycles. The molecule has 0 unspecified atom stereocenters. The van der Waals surface area contributed by atoms with Crippen molar-refractivity contribution < 1.29 is 32.8 Å². The standard InChI is InChI=1S/C11H7F3N2O5/c12-11(13,14)6-1-2-7(8(5-6)16(20)21)15-9(17)3-4-10(18)19/h1-5H,(H,15,17)(H,18,19)/b4-3+. The number of aliphatic carboxylic acids is 1. The summed E-state index contributed by atoms with van der Waals surface area (Å²) in [7, 11) is 0. The van der Waals surface area contributed by atoms with Crippen LogP contribution in [0.1, 0.15) is 5.56 Å². The number of hydrogen-bond donors (Lipinski definition) is 2. The van der Waals surface area contributed by atoms with Crippen molar-refractivity contribution >= 4 is 23.3 Å². The number of carboxylic acids is 1. The maximum absolute atomic E-state index is 12.4. The van der Waals surface area contributed by atoms with E-state index in [-0.39, 0.29) is 6.07 Å². The molecule has 0 atom stereocenters. The lowest BCUT2D eigenvalue weighted by atomic mass is 10.1. The average Bonchev–Trinajstić information content (AvgIpc) is 2.35. The normalized spacial score (nSPS) is 11.4. The van der Waals surface area contributed by atoms with Crippen LogP contribution in [0.25, 0.3) is 0 Å². The highest BCUT2D eigenvalue weighted by molar-refractivity contribution is 6.03. The molecule has 0 heterocycles. The van der Waals surface area contributed by atoms with E-state index < -0.39 is 39.9 Å². The molecule has 1 amide bonds. The molecule has 0 saturated carbocycles. The summed E-state index contributed by atoms with van der Waals surface area (Å²) in [5, 5.41) is 20.9. The van der Waals surface area contributed by atoms with E-state index in [4.69, 9.17) is 5.11 Å². The van der Waals surface area contributed by atoms with Crippen molar-refractivity contribution in [2.45, 2.75) is 6.18 Å². The van der Waals surface area contributed by atoms with E-state index >= 15 is 0 Å². The Morgan fingerprint density at radius 1 is 1.29 bits per heavy atom. The van der Waals surface area contributed by atoms with E-state index in [0.29, 0.717) is 24.3 Å². The highest BCUT2D eigenvalue weighted by atomic mass is 19.4. The first-order chi connectivity index (χ1) is 9.61. The second kappa shape index (κ2) is 6.03. The number of anilines is 1. The number of hydrogen-bond acceptors (Lipinski definition) is 4. The predicted octanol–water partition coefficient (Wildman–Crippen LogP) is 2.19. The van der Waals surface area contributed by atoms with E-state index in [2.05, 4.69) is 0 Å². The highest BCUT2D eigenvalue weighted by Gasteiger charge is 2.33. The molecular weight excluding hydrogens is 297 g/mol. The molecule has 1 aromatic carbocycles. The summed E-state index contributed by atoms with van der Waals surface area (Å²) < 4.78 is 37.3. The van der Waals surface area contributed by atoms with Crippen LogP contribution in [0, 0.1) is 10.1 Å². The lowest BCUT2D eigenvalue weighted by molar-refractivity contribution is -0.384. The number of nitrogens with zero attached hydrogens (tertiary/aromatic N) is 1. The zero-order chi connectivity index (χ0) is 16.2. The van der Waals surface area contributed by atoms with Crippen LogP contribution < -0.4 is 5.32 Å². The van der Waals surface area contributed by atoms with Crippen LogP contribution >= 0.6 is 0 Å². The monoisotopic (exact) mass is 304 g/mol. The summed E-state index contributed by atoms with van der Waals surface area (Å²) in [4.78, 5) is 31.1. The number of nitro benzene ring substituents is 1. The molecule has 0 aliphatic carbocycles. The van der Waals surface area contributed by atoms with Crippen molar-refractivity contribution in [3.8, 4) is 0 Å². The molecule has 0 saturated heterocycles. The minimum Gasteiger partial charge on any atom is -0.478 e. The average molecular weight is 304 g/mol. The molecule has 2 N–H and O–H groups in total. The van der Waals surface area contributed by atoms with Crippen LogP contribution in [-0.2, 0) is 15.8 Å². The van der Waals surface area contributed by atoms with Gasteiger partial charge in [0.15, 0.2) is 0 Å². The van der Waals surface area contributed by atoms with Crippen LogP contribution in [0.4, 0.5) is 24.5 Å². The fourth-order valence-electron chi connectivity index (χ4n) is 1.29. The number of halogens is 3. The molecule has 10 heteroatoms. The number of nitro groups is 1. The molecule has 21 heavy (non-hydrogen) atoms. The Balaban J connectivity index is 3.11. The number of amides is 1. The van der Waals surface area contributed by atoms with Crippen LogP contribution in [0.15, 0.2) is 30.4 Å². The lowest BCUT2D eigenvalue weighted by Crippen LogP contribution is -2.12. The second-order valence-corrected chi connectivity index (χ2v) is 3.65. The quantitative estimate of drug-likeness (QED) is 0.503. The summed E-state index contributed by atoms with van der Waals surface area (Å²) in [5.41, 5.74) is -2.68. The van der Waals surface area contributed by atoms with E-state index in [1.807, 2.05) is 5.32 Å². The Morgan fingerprint density at radius 2 is 1.90 bits per heavy atom. The highest BCUT2D eigenvalue weighted by Crippen LogP contribution is 2.34. The van der Waals surface area contributed by atoms with E-state index in [1.165, 1.54) is 0 Å². The molecule has 0 aliphatic rings. The summed E-state index contributed by atoms with van der Waals surface area (Å²) in [6, 6.07) is 1.55. The lowest BCUT2D eigenvalue weighted by Gasteiger charge is -2.08. The maximum Gasteiger partial charge on any atom is 0.416 e. The first-order valence-electron chi connectivity index (χ1n) is 5.19. The number of alkyl halides is 3. The fourth-order valence-corrected chi connectivity index (χ4v) is 1.29. The molecule has 0 aliphatic heterocycles. The number of carboxylic acid groups (broad SMARTS) is 1. The first kappa shape index (κ1) is 16.1. The summed E-state index contributed by atoms with van der Waals surface area (Å²) in [6.45, 7) is 0. The van der Waals surface area contributed by atoms with E-state index in [1.54, 1.807) is 0 Å². The molecule has 0 fully saturated rings. The van der Waals surface area contributed by atoms with Gasteiger partial charge in [-0.05, 0) is 12.1 Å². The Bertz CT molecular complexity index is 625. The van der Waals surface area contributed by atoms with Gasteiger partial charge in [0.25, 0.3) is 5.69 Å². The molecule has 112 valence electrons. The van der Waals surface area contributed by atoms with E-state index in [0.717, 1.165) is 0 Å². The molecule has 0 spiro atoms. The van der Waals surface area contributed by atoms with Crippen molar-refractivity contribution in [1.82, 2.24) is 0 Å². The Kier molecular flexibility index (Phi) is 4.64. The largest absolute Gasteiger partial charge is 0.478 e. The zero-order valence-electron chi connectivity index (χ0n) is 10.0. The summed E-state index contributed by atoms with van der Waals surface area (Å²) in [5.74, 6) is -2.45. The second-order valence-electron chi connectivity index (χ2n) is 3.65. The van der Waals surface area contributed by atoms with Crippen molar-refractivity contribution in [2.24, 2.45) is 0 Å². The van der Waals surface area contributed by atoms with Gasteiger partial charge in [-0.2, -0.15) is 13.2 Å². The third-order valence-corrected chi connectivity index (χ3v) is 2.16. The number of rotatable bonds is 4. The van der Waals surface area contributed by atoms with Crippen molar-refractivity contribution in [3.05, 3.63) is 46.0 Å². The van der Waals surface area contributed by atoms with Gasteiger partial charge in [-0.1, -0.05) is 0 Å². The summed E-state index contributed by atoms with van der Waals surface area (Å²) >= 11 is 0. The molecule has 7 nitrogen and oxygen atoms in total. The van der Waals surface area contributed by atoms with Crippen molar-refractivity contribution in [2.75, 3.05) is 5.32 Å². The van der Waals surface area contributed by atoms with Gasteiger partial charge in [-0.15, -0.1) is 0 Å². The van der Waals surface area contributed by atoms with Crippen molar-refractivity contribution in [1.29, 1.82) is 0 Å². The van der Waals surface area contributed by atoms with Gasteiger partial charge >= 0.3 is 12.1 Å². The number of nitrogens with one attached hydrogen (secondary N) is 1. The van der Waals surface area contributed by atoms with Gasteiger partial charge in [0, 0.05) is 18.2 Å². The fraction of sp³-hybridized carbons (Fsp3) is 0.0909. The van der Waals surface area contributed by atoms with Gasteiger partial charge < -0.3 is 10.4 Å². The van der Waals surface area contributed by atoms with E-state index in [9.17, 15) is 32.9 Å². The molecule has 1 rings (SSSR count). The minimum absolute atomic E-state index is 0.274. The third kappa shape index (κ3) is 4.60. The SMILES string of the molecule is O=C(O)/C=C/C(=O)Nc1ccc(C(F)(F)F)cc1[N+](=O)[O-]. The molecule has 0 radical (unpaired) electrons. The van der Waals surface area contributed by atoms with Crippen molar-refractivity contribution in [3.63, 3.8) is 0 Å². The number of carbonyl (C=O) groups excluding carboxylic acids is 1. The van der Waals surface area contributed by atoms with Crippen LogP contribution in [0.5, 0.6) is 0 Å². The summed E-state index contributed by atoms with van der Waals surface area (Å²) in [6.07, 6.45) is -3.72. The topological polar surface area (TPSA) is 110 Å². The molecular formula is C11H7F3N2O5. The molecule has 0 bridgehead atoms. The maximum atomic E-state index is 12.4. The number of carbonyl (C=O) groups is 2. The zero-order valence-corrected chi connectivity index (χ0v) is 10.0. The van der Waals surface area contributed by atoms with Gasteiger partial charge in [-0.3, -0.25) is 14.9 Å². The molecule has 1 aromatic rings. The van der Waals surface area contributed by atoms with Crippen LogP contribution in [0.2, 0.25) is 0 Å².